The van der Waals surface area contributed by atoms with Gasteiger partial charge >= 0.3 is 0 Å². The first-order valence-electron chi connectivity index (χ1n) is 7.46. The Balaban J connectivity index is 2.27. The molecule has 0 amide bonds. The van der Waals surface area contributed by atoms with Crippen molar-refractivity contribution in [1.82, 2.24) is 5.32 Å². The van der Waals surface area contributed by atoms with Gasteiger partial charge in [-0.3, -0.25) is 0 Å². The number of furan rings is 1. The van der Waals surface area contributed by atoms with Crippen LogP contribution >= 0.6 is 0 Å². The molecule has 2 aromatic carbocycles. The predicted octanol–water partition coefficient (Wildman–Crippen LogP) is 4.94. The van der Waals surface area contributed by atoms with E-state index in [0.717, 1.165) is 23.5 Å². The van der Waals surface area contributed by atoms with Crippen molar-refractivity contribution in [2.45, 2.75) is 26.3 Å². The van der Waals surface area contributed by atoms with Crippen LogP contribution in [0.3, 0.4) is 0 Å². The second kappa shape index (κ2) is 5.74. The second-order valence-corrected chi connectivity index (χ2v) is 5.67. The van der Waals surface area contributed by atoms with Crippen LogP contribution in [0.2, 0.25) is 0 Å². The van der Waals surface area contributed by atoms with Gasteiger partial charge in [0.15, 0.2) is 0 Å². The van der Waals surface area contributed by atoms with Crippen LogP contribution in [0, 0.1) is 0 Å². The third kappa shape index (κ3) is 2.47. The molecule has 0 aliphatic rings. The van der Waals surface area contributed by atoms with Crippen LogP contribution in [-0.2, 0) is 6.54 Å². The Kier molecular flexibility index (Phi) is 3.80. The topological polar surface area (TPSA) is 25.2 Å². The highest BCUT2D eigenvalue weighted by Crippen LogP contribution is 2.37. The molecule has 21 heavy (non-hydrogen) atoms. The molecule has 0 fully saturated rings. The number of hydrogen-bond acceptors (Lipinski definition) is 2. The number of fused-ring (bicyclic) bond motifs is 1. The van der Waals surface area contributed by atoms with Gasteiger partial charge in [0, 0.05) is 16.5 Å². The number of benzene rings is 2. The van der Waals surface area contributed by atoms with Crippen LogP contribution in [-0.4, -0.2) is 7.05 Å². The molecule has 2 nitrogen and oxygen atoms in total. The summed E-state index contributed by atoms with van der Waals surface area (Å²) in [6.07, 6.45) is 0. The fourth-order valence-electron chi connectivity index (χ4n) is 2.96. The summed E-state index contributed by atoms with van der Waals surface area (Å²) < 4.78 is 6.22. The highest BCUT2D eigenvalue weighted by atomic mass is 16.3. The first-order valence-corrected chi connectivity index (χ1v) is 7.46. The average Bonchev–Trinajstić information content (AvgIpc) is 2.86. The number of rotatable bonds is 4. The Bertz CT molecular complexity index is 741. The first-order chi connectivity index (χ1) is 10.2. The van der Waals surface area contributed by atoms with Crippen LogP contribution < -0.4 is 5.32 Å². The van der Waals surface area contributed by atoms with Crippen molar-refractivity contribution < 1.29 is 4.42 Å². The van der Waals surface area contributed by atoms with Crippen LogP contribution in [0.5, 0.6) is 0 Å². The minimum atomic E-state index is 0.445. The molecule has 1 N–H and O–H groups in total. The van der Waals surface area contributed by atoms with E-state index in [9.17, 15) is 0 Å². The SMILES string of the molecule is CNCc1oc2c(-c3ccccc3)cccc2c1C(C)C. The predicted molar refractivity (Wildman–Crippen MR) is 88.5 cm³/mol. The smallest absolute Gasteiger partial charge is 0.142 e. The van der Waals surface area contributed by atoms with Gasteiger partial charge in [-0.1, -0.05) is 62.4 Å². The van der Waals surface area contributed by atoms with Crippen LogP contribution in [0.25, 0.3) is 22.1 Å². The van der Waals surface area contributed by atoms with Crippen molar-refractivity contribution in [1.29, 1.82) is 0 Å². The normalized spacial score (nSPS) is 11.4. The van der Waals surface area contributed by atoms with E-state index in [4.69, 9.17) is 4.42 Å². The number of nitrogens with one attached hydrogen (secondary N) is 1. The number of hydrogen-bond donors (Lipinski definition) is 1. The summed E-state index contributed by atoms with van der Waals surface area (Å²) in [6, 6.07) is 16.8. The van der Waals surface area contributed by atoms with Crippen molar-refractivity contribution in [3.05, 3.63) is 59.9 Å². The Morgan fingerprint density at radius 1 is 1.00 bits per heavy atom. The Morgan fingerprint density at radius 3 is 2.43 bits per heavy atom. The van der Waals surface area contributed by atoms with Gasteiger partial charge in [0.1, 0.15) is 11.3 Å². The van der Waals surface area contributed by atoms with Crippen molar-refractivity contribution in [2.24, 2.45) is 0 Å². The van der Waals surface area contributed by atoms with E-state index >= 15 is 0 Å². The standard InChI is InChI=1S/C19H21NO/c1-13(2)18-16-11-7-10-15(14-8-5-4-6-9-14)19(16)21-17(18)12-20-3/h4-11,13,20H,12H2,1-3H3. The van der Waals surface area contributed by atoms with Crippen LogP contribution in [0.15, 0.2) is 52.9 Å². The molecule has 3 rings (SSSR count). The lowest BCUT2D eigenvalue weighted by atomic mass is 9.96. The number of para-hydroxylation sites is 1. The fourth-order valence-corrected chi connectivity index (χ4v) is 2.96. The summed E-state index contributed by atoms with van der Waals surface area (Å²) in [6.45, 7) is 5.20. The quantitative estimate of drug-likeness (QED) is 0.731. The van der Waals surface area contributed by atoms with E-state index < -0.39 is 0 Å². The summed E-state index contributed by atoms with van der Waals surface area (Å²) in [5.41, 5.74) is 4.68. The van der Waals surface area contributed by atoms with Crippen LogP contribution in [0.4, 0.5) is 0 Å². The zero-order valence-electron chi connectivity index (χ0n) is 12.8. The van der Waals surface area contributed by atoms with Gasteiger partial charge in [0.25, 0.3) is 0 Å². The lowest BCUT2D eigenvalue weighted by Gasteiger charge is -2.06. The highest BCUT2D eigenvalue weighted by Gasteiger charge is 2.18. The van der Waals surface area contributed by atoms with Gasteiger partial charge in [-0.15, -0.1) is 0 Å². The molecular formula is C19H21NO. The van der Waals surface area contributed by atoms with E-state index in [1.54, 1.807) is 0 Å². The third-order valence-corrected chi connectivity index (χ3v) is 3.83. The molecule has 0 aliphatic carbocycles. The summed E-state index contributed by atoms with van der Waals surface area (Å²) >= 11 is 0. The van der Waals surface area contributed by atoms with E-state index in [2.05, 4.69) is 61.6 Å². The lowest BCUT2D eigenvalue weighted by molar-refractivity contribution is 0.521. The van der Waals surface area contributed by atoms with E-state index in [1.807, 2.05) is 13.1 Å². The van der Waals surface area contributed by atoms with Gasteiger partial charge in [-0.05, 0) is 18.5 Å². The van der Waals surface area contributed by atoms with Gasteiger partial charge in [-0.2, -0.15) is 0 Å². The monoisotopic (exact) mass is 279 g/mol. The average molecular weight is 279 g/mol. The second-order valence-electron chi connectivity index (χ2n) is 5.67. The first kappa shape index (κ1) is 13.9. The summed E-state index contributed by atoms with van der Waals surface area (Å²) in [5, 5.41) is 4.44. The molecule has 0 saturated heterocycles. The van der Waals surface area contributed by atoms with Gasteiger partial charge in [0.05, 0.1) is 6.54 Å². The molecule has 1 aromatic heterocycles. The molecule has 2 heteroatoms. The molecule has 0 aliphatic heterocycles. The van der Waals surface area contributed by atoms with E-state index in [1.165, 1.54) is 16.5 Å². The van der Waals surface area contributed by atoms with Crippen molar-refractivity contribution in [3.63, 3.8) is 0 Å². The molecule has 0 saturated carbocycles. The molecule has 3 aromatic rings. The zero-order valence-corrected chi connectivity index (χ0v) is 12.8. The maximum atomic E-state index is 6.22. The molecule has 0 atom stereocenters. The van der Waals surface area contributed by atoms with Gasteiger partial charge in [0.2, 0.25) is 0 Å². The minimum absolute atomic E-state index is 0.445. The molecule has 108 valence electrons. The molecular weight excluding hydrogens is 258 g/mol. The summed E-state index contributed by atoms with van der Waals surface area (Å²) in [5.74, 6) is 1.49. The maximum absolute atomic E-state index is 6.22. The zero-order chi connectivity index (χ0) is 14.8. The van der Waals surface area contributed by atoms with Crippen molar-refractivity contribution >= 4 is 11.0 Å². The maximum Gasteiger partial charge on any atom is 0.142 e. The fraction of sp³-hybridized carbons (Fsp3) is 0.263. The van der Waals surface area contributed by atoms with Gasteiger partial charge in [-0.25, -0.2) is 0 Å². The molecule has 0 bridgehead atoms. The van der Waals surface area contributed by atoms with Gasteiger partial charge < -0.3 is 9.73 Å². The minimum Gasteiger partial charge on any atom is -0.459 e. The summed E-state index contributed by atoms with van der Waals surface area (Å²) in [7, 11) is 1.95. The van der Waals surface area contributed by atoms with E-state index in [-0.39, 0.29) is 0 Å². The molecule has 0 radical (unpaired) electrons. The summed E-state index contributed by atoms with van der Waals surface area (Å²) in [4.78, 5) is 0. The molecule has 0 spiro atoms. The van der Waals surface area contributed by atoms with Crippen molar-refractivity contribution in [3.8, 4) is 11.1 Å². The third-order valence-electron chi connectivity index (χ3n) is 3.83. The Labute approximate surface area is 125 Å². The molecule has 1 heterocycles. The molecule has 0 unspecified atom stereocenters. The largest absolute Gasteiger partial charge is 0.459 e. The van der Waals surface area contributed by atoms with Crippen LogP contribution in [0.1, 0.15) is 31.1 Å². The highest BCUT2D eigenvalue weighted by molar-refractivity contribution is 5.95. The Morgan fingerprint density at radius 2 is 1.76 bits per heavy atom. The van der Waals surface area contributed by atoms with E-state index in [0.29, 0.717) is 5.92 Å². The lowest BCUT2D eigenvalue weighted by Crippen LogP contribution is -2.06. The Hall–Kier alpha value is -2.06. The van der Waals surface area contributed by atoms with Crippen molar-refractivity contribution in [2.75, 3.05) is 7.05 Å².